The minimum atomic E-state index is 0.170. The van der Waals surface area contributed by atoms with Crippen molar-refractivity contribution in [2.24, 2.45) is 0 Å². The summed E-state index contributed by atoms with van der Waals surface area (Å²) in [5.74, 6) is 2.08. The first-order valence-corrected chi connectivity index (χ1v) is 9.75. The van der Waals surface area contributed by atoms with E-state index in [0.717, 1.165) is 37.6 Å². The van der Waals surface area contributed by atoms with Gasteiger partial charge in [-0.05, 0) is 18.9 Å². The quantitative estimate of drug-likeness (QED) is 0.795. The van der Waals surface area contributed by atoms with Crippen molar-refractivity contribution in [3.05, 3.63) is 47.5 Å². The van der Waals surface area contributed by atoms with E-state index in [2.05, 4.69) is 50.9 Å². The van der Waals surface area contributed by atoms with Crippen molar-refractivity contribution >= 4 is 5.91 Å². The number of benzene rings is 1. The highest BCUT2D eigenvalue weighted by Crippen LogP contribution is 2.22. The van der Waals surface area contributed by atoms with Crippen molar-refractivity contribution in [3.63, 3.8) is 0 Å². The summed E-state index contributed by atoms with van der Waals surface area (Å²) in [4.78, 5) is 16.8. The average molecular weight is 369 g/mol. The normalized spacial score (nSPS) is 20.5. The van der Waals surface area contributed by atoms with E-state index in [9.17, 15) is 4.79 Å². The number of nitrogens with zero attached hydrogens (tertiary/aromatic N) is 5. The van der Waals surface area contributed by atoms with Crippen molar-refractivity contribution < 1.29 is 9.53 Å². The summed E-state index contributed by atoms with van der Waals surface area (Å²) in [5, 5.41) is 8.81. The lowest BCUT2D eigenvalue weighted by Crippen LogP contribution is -2.47. The molecule has 7 heteroatoms. The SMILES string of the molecule is C[C@H]1CN(C(=O)CN2CCOCC2)Cc2nnc(CCc3ccccc3)n21. The molecule has 2 aromatic rings. The van der Waals surface area contributed by atoms with Gasteiger partial charge in [0.2, 0.25) is 5.91 Å². The molecule has 0 radical (unpaired) electrons. The summed E-state index contributed by atoms with van der Waals surface area (Å²) in [6, 6.07) is 10.6. The molecule has 3 heterocycles. The first kappa shape index (κ1) is 18.1. The van der Waals surface area contributed by atoms with E-state index in [1.807, 2.05) is 11.0 Å². The van der Waals surface area contributed by atoms with Crippen LogP contribution in [0.2, 0.25) is 0 Å². The maximum Gasteiger partial charge on any atom is 0.237 e. The Labute approximate surface area is 159 Å². The highest BCUT2D eigenvalue weighted by molar-refractivity contribution is 5.78. The van der Waals surface area contributed by atoms with Gasteiger partial charge >= 0.3 is 0 Å². The number of fused-ring (bicyclic) bond motifs is 1. The Morgan fingerprint density at radius 1 is 1.15 bits per heavy atom. The summed E-state index contributed by atoms with van der Waals surface area (Å²) in [5.41, 5.74) is 1.31. The summed E-state index contributed by atoms with van der Waals surface area (Å²) in [7, 11) is 0. The van der Waals surface area contributed by atoms with Gasteiger partial charge in [0.1, 0.15) is 5.82 Å². The molecule has 4 rings (SSSR count). The number of aryl methyl sites for hydroxylation is 2. The fraction of sp³-hybridized carbons (Fsp3) is 0.550. The van der Waals surface area contributed by atoms with Crippen molar-refractivity contribution in [2.75, 3.05) is 39.4 Å². The number of carbonyl (C=O) groups excluding carboxylic acids is 1. The molecule has 2 aliphatic rings. The first-order valence-electron chi connectivity index (χ1n) is 9.75. The molecular formula is C20H27N5O2. The maximum atomic E-state index is 12.7. The van der Waals surface area contributed by atoms with Crippen LogP contribution < -0.4 is 0 Å². The second kappa shape index (κ2) is 8.19. The van der Waals surface area contributed by atoms with Crippen LogP contribution in [-0.2, 0) is 28.9 Å². The lowest BCUT2D eigenvalue weighted by molar-refractivity contribution is -0.135. The summed E-state index contributed by atoms with van der Waals surface area (Å²) >= 11 is 0. The number of hydrogen-bond donors (Lipinski definition) is 0. The molecule has 0 unspecified atom stereocenters. The summed E-state index contributed by atoms with van der Waals surface area (Å²) < 4.78 is 7.58. The zero-order valence-electron chi connectivity index (χ0n) is 15.9. The van der Waals surface area contributed by atoms with Gasteiger partial charge in [0.25, 0.3) is 0 Å². The zero-order valence-corrected chi connectivity index (χ0v) is 15.9. The monoisotopic (exact) mass is 369 g/mol. The molecule has 144 valence electrons. The van der Waals surface area contributed by atoms with E-state index in [1.165, 1.54) is 5.56 Å². The second-order valence-corrected chi connectivity index (χ2v) is 7.40. The van der Waals surface area contributed by atoms with Crippen LogP contribution in [0.25, 0.3) is 0 Å². The van der Waals surface area contributed by atoms with Crippen LogP contribution in [0.1, 0.15) is 30.2 Å². The fourth-order valence-corrected chi connectivity index (χ4v) is 3.93. The summed E-state index contributed by atoms with van der Waals surface area (Å²) in [6.07, 6.45) is 1.81. The zero-order chi connectivity index (χ0) is 18.6. The Kier molecular flexibility index (Phi) is 5.50. The maximum absolute atomic E-state index is 12.7. The Hall–Kier alpha value is -2.25. The van der Waals surface area contributed by atoms with Gasteiger partial charge in [0.15, 0.2) is 5.82 Å². The van der Waals surface area contributed by atoms with E-state index in [1.54, 1.807) is 0 Å². The highest BCUT2D eigenvalue weighted by atomic mass is 16.5. The Morgan fingerprint density at radius 3 is 2.70 bits per heavy atom. The molecule has 1 atom stereocenters. The van der Waals surface area contributed by atoms with E-state index in [-0.39, 0.29) is 11.9 Å². The highest BCUT2D eigenvalue weighted by Gasteiger charge is 2.29. The molecule has 1 aromatic carbocycles. The van der Waals surface area contributed by atoms with Crippen LogP contribution in [0.5, 0.6) is 0 Å². The number of morpholine rings is 1. The number of amides is 1. The van der Waals surface area contributed by atoms with Gasteiger partial charge in [-0.1, -0.05) is 30.3 Å². The van der Waals surface area contributed by atoms with Gasteiger partial charge in [-0.2, -0.15) is 0 Å². The van der Waals surface area contributed by atoms with Gasteiger partial charge in [-0.3, -0.25) is 9.69 Å². The van der Waals surface area contributed by atoms with E-state index in [0.29, 0.717) is 32.8 Å². The minimum absolute atomic E-state index is 0.170. The van der Waals surface area contributed by atoms with Gasteiger partial charge in [-0.25, -0.2) is 0 Å². The third kappa shape index (κ3) is 4.20. The Balaban J connectivity index is 1.39. The third-order valence-corrected chi connectivity index (χ3v) is 5.39. The predicted molar refractivity (Wildman–Crippen MR) is 101 cm³/mol. The van der Waals surface area contributed by atoms with Gasteiger partial charge in [-0.15, -0.1) is 10.2 Å². The lowest BCUT2D eigenvalue weighted by atomic mass is 10.1. The number of rotatable bonds is 5. The molecule has 1 saturated heterocycles. The Bertz CT molecular complexity index is 770. The van der Waals surface area contributed by atoms with Crippen LogP contribution >= 0.6 is 0 Å². The standard InChI is InChI=1S/C20H27N5O2/c1-16-13-24(20(26)15-23-9-11-27-12-10-23)14-19-22-21-18(25(16)19)8-7-17-5-3-2-4-6-17/h2-6,16H,7-15H2,1H3/t16-/m0/s1. The van der Waals surface area contributed by atoms with Gasteiger partial charge in [0, 0.05) is 26.1 Å². The topological polar surface area (TPSA) is 63.5 Å². The molecule has 0 N–H and O–H groups in total. The number of hydrogen-bond acceptors (Lipinski definition) is 5. The lowest BCUT2D eigenvalue weighted by Gasteiger charge is -2.34. The number of ether oxygens (including phenoxy) is 1. The smallest absolute Gasteiger partial charge is 0.237 e. The molecule has 0 saturated carbocycles. The van der Waals surface area contributed by atoms with E-state index >= 15 is 0 Å². The van der Waals surface area contributed by atoms with Crippen LogP contribution in [0.3, 0.4) is 0 Å². The molecule has 27 heavy (non-hydrogen) atoms. The molecule has 1 fully saturated rings. The molecule has 7 nitrogen and oxygen atoms in total. The Morgan fingerprint density at radius 2 is 1.93 bits per heavy atom. The van der Waals surface area contributed by atoms with E-state index in [4.69, 9.17) is 4.74 Å². The number of aromatic nitrogens is 3. The number of carbonyl (C=O) groups is 1. The van der Waals surface area contributed by atoms with Crippen molar-refractivity contribution in [1.29, 1.82) is 0 Å². The van der Waals surface area contributed by atoms with Crippen LogP contribution in [0.4, 0.5) is 0 Å². The molecule has 0 spiro atoms. The average Bonchev–Trinajstić information content (AvgIpc) is 3.11. The van der Waals surface area contributed by atoms with Crippen LogP contribution in [-0.4, -0.2) is 69.9 Å². The molecular weight excluding hydrogens is 342 g/mol. The largest absolute Gasteiger partial charge is 0.379 e. The second-order valence-electron chi connectivity index (χ2n) is 7.40. The third-order valence-electron chi connectivity index (χ3n) is 5.39. The molecule has 0 aliphatic carbocycles. The van der Waals surface area contributed by atoms with Crippen LogP contribution in [0.15, 0.2) is 30.3 Å². The molecule has 2 aliphatic heterocycles. The summed E-state index contributed by atoms with van der Waals surface area (Å²) in [6.45, 7) is 6.95. The van der Waals surface area contributed by atoms with Gasteiger partial charge in [0.05, 0.1) is 32.3 Å². The van der Waals surface area contributed by atoms with Crippen molar-refractivity contribution in [3.8, 4) is 0 Å². The van der Waals surface area contributed by atoms with Crippen molar-refractivity contribution in [1.82, 2.24) is 24.6 Å². The van der Waals surface area contributed by atoms with E-state index < -0.39 is 0 Å². The predicted octanol–water partition coefficient (Wildman–Crippen LogP) is 1.30. The first-order chi connectivity index (χ1) is 13.2. The molecule has 1 amide bonds. The minimum Gasteiger partial charge on any atom is -0.379 e. The molecule has 1 aromatic heterocycles. The van der Waals surface area contributed by atoms with Crippen LogP contribution in [0, 0.1) is 0 Å². The van der Waals surface area contributed by atoms with Crippen molar-refractivity contribution in [2.45, 2.75) is 32.4 Å². The fourth-order valence-electron chi connectivity index (χ4n) is 3.93. The molecule has 0 bridgehead atoms. The van der Waals surface area contributed by atoms with Gasteiger partial charge < -0.3 is 14.2 Å².